The first-order valence-corrected chi connectivity index (χ1v) is 24.4. The molecule has 7 rings (SSSR count). The summed E-state index contributed by atoms with van der Waals surface area (Å²) in [4.78, 5) is 0. The molecule has 2 atom stereocenters. The molecule has 0 bridgehead atoms. The van der Waals surface area contributed by atoms with Crippen molar-refractivity contribution < 1.29 is 33.6 Å². The summed E-state index contributed by atoms with van der Waals surface area (Å²) in [6, 6.07) is 45.9. The molecule has 0 aromatic heterocycles. The fourth-order valence-electron chi connectivity index (χ4n) is 7.55. The monoisotopic (exact) mass is 882 g/mol. The Balaban J connectivity index is 0.000000397. The number of aromatic hydroxyl groups is 3. The van der Waals surface area contributed by atoms with Crippen molar-refractivity contribution in [2.45, 2.75) is 114 Å². The molecule has 1 saturated heterocycles. The van der Waals surface area contributed by atoms with Gasteiger partial charge in [-0.2, -0.15) is 0 Å². The van der Waals surface area contributed by atoms with Crippen molar-refractivity contribution in [3.8, 4) is 28.7 Å². The molecule has 6 aromatic rings. The second-order valence-electron chi connectivity index (χ2n) is 20.6. The molecule has 330 valence electrons. The fraction of sp³-hybridized carbons (Fsp3) is 0.321. The van der Waals surface area contributed by atoms with E-state index >= 15 is 0 Å². The van der Waals surface area contributed by atoms with E-state index in [9.17, 15) is 10.2 Å². The van der Waals surface area contributed by atoms with Gasteiger partial charge in [0, 0.05) is 0 Å². The van der Waals surface area contributed by atoms with Crippen LogP contribution in [0.3, 0.4) is 0 Å². The summed E-state index contributed by atoms with van der Waals surface area (Å²) in [6.45, 7) is 26.1. The molecule has 1 heterocycles. The Hall–Kier alpha value is -5.61. The first kappa shape index (κ1) is 46.9. The molecule has 0 saturated carbocycles. The van der Waals surface area contributed by atoms with E-state index in [0.717, 1.165) is 39.1 Å². The molecular weight excluding hydrogens is 817 g/mol. The van der Waals surface area contributed by atoms with E-state index < -0.39 is 13.5 Å². The minimum atomic E-state index is -3.20. The van der Waals surface area contributed by atoms with E-state index in [1.807, 2.05) is 42.8 Å². The van der Waals surface area contributed by atoms with Crippen LogP contribution < -0.4 is 4.74 Å². The number of benzene rings is 6. The molecule has 0 amide bonds. The van der Waals surface area contributed by atoms with Gasteiger partial charge in [-0.05, 0) is 36.4 Å². The fourth-order valence-corrected chi connectivity index (χ4v) is 13.1. The van der Waals surface area contributed by atoms with Crippen LogP contribution in [0.15, 0.2) is 147 Å². The number of para-hydroxylation sites is 1. The largest absolute Gasteiger partial charge is 0.508 e. The summed E-state index contributed by atoms with van der Waals surface area (Å²) in [5, 5.41) is 32.5. The first-order chi connectivity index (χ1) is 29.5. The van der Waals surface area contributed by atoms with Gasteiger partial charge in [0.25, 0.3) is 0 Å². The number of hydrogen-bond acceptors (Lipinski definition) is 6. The van der Waals surface area contributed by atoms with E-state index in [2.05, 4.69) is 168 Å². The van der Waals surface area contributed by atoms with Gasteiger partial charge < -0.3 is 9.84 Å². The zero-order chi connectivity index (χ0) is 46.0. The summed E-state index contributed by atoms with van der Waals surface area (Å²) in [5.41, 5.74) is 7.32. The van der Waals surface area contributed by atoms with Crippen molar-refractivity contribution >= 4 is 12.4 Å². The summed E-state index contributed by atoms with van der Waals surface area (Å²) in [6.07, 6.45) is 3.81. The molecule has 6 nitrogen and oxygen atoms in total. The van der Waals surface area contributed by atoms with Gasteiger partial charge in [0.2, 0.25) is 0 Å². The molecule has 1 fully saturated rings. The van der Waals surface area contributed by atoms with E-state index in [1.54, 1.807) is 24.3 Å². The van der Waals surface area contributed by atoms with Crippen molar-refractivity contribution in [3.63, 3.8) is 0 Å². The maximum atomic E-state index is 11.7. The van der Waals surface area contributed by atoms with Crippen LogP contribution in [0.5, 0.6) is 28.7 Å². The predicted molar refractivity (Wildman–Crippen MR) is 259 cm³/mol. The average molecular weight is 883 g/mol. The molecule has 63 heavy (non-hydrogen) atoms. The van der Waals surface area contributed by atoms with Gasteiger partial charge in [-0.25, -0.2) is 0 Å². The SMILES string of the molecule is CC(C)(C)c1cc(C=[N][Cr]2([N]=Cc3cc(C(C)(C)C)cc(C(C)(C)C)c3O)[CH](c3ccccc3)[CH]2c2ccccc2)c(O)c(C(C)(C)C)c1.Oc1ccc(Oc2ccccc2)cc1. The summed E-state index contributed by atoms with van der Waals surface area (Å²) < 4.78 is 16.8. The van der Waals surface area contributed by atoms with Gasteiger partial charge in [-0.15, -0.1) is 0 Å². The third-order valence-corrected chi connectivity index (χ3v) is 16.3. The molecule has 7 heteroatoms. The topological polar surface area (TPSA) is 94.6 Å². The van der Waals surface area contributed by atoms with Gasteiger partial charge in [0.1, 0.15) is 17.2 Å². The Morgan fingerprint density at radius 3 is 1.14 bits per heavy atom. The number of phenolic OH excluding ortho intramolecular Hbond substituents is 3. The molecule has 2 unspecified atom stereocenters. The van der Waals surface area contributed by atoms with Gasteiger partial charge in [0.15, 0.2) is 0 Å². The van der Waals surface area contributed by atoms with Gasteiger partial charge in [0.05, 0.1) is 0 Å². The Bertz CT molecular complexity index is 2400. The molecule has 0 aliphatic carbocycles. The quantitative estimate of drug-likeness (QED) is 0.133. The predicted octanol–water partition coefficient (Wildman–Crippen LogP) is 14.5. The van der Waals surface area contributed by atoms with Crippen molar-refractivity contribution in [2.24, 2.45) is 7.95 Å². The number of nitrogens with zero attached hydrogens (tertiary/aromatic N) is 2. The second-order valence-corrected chi connectivity index (χ2v) is 24.8. The Morgan fingerprint density at radius 2 is 0.794 bits per heavy atom. The van der Waals surface area contributed by atoms with Crippen LogP contribution in [0.2, 0.25) is 0 Å². The summed E-state index contributed by atoms with van der Waals surface area (Å²) >= 11 is -3.20. The molecule has 1 aliphatic heterocycles. The third kappa shape index (κ3) is 11.1. The van der Waals surface area contributed by atoms with Crippen LogP contribution in [-0.4, -0.2) is 27.7 Å². The van der Waals surface area contributed by atoms with Crippen LogP contribution in [-0.2, 0) is 35.2 Å². The van der Waals surface area contributed by atoms with E-state index in [-0.39, 0.29) is 48.5 Å². The van der Waals surface area contributed by atoms with E-state index in [1.165, 1.54) is 11.1 Å². The summed E-state index contributed by atoms with van der Waals surface area (Å²) in [7, 11) is 0. The Labute approximate surface area is 379 Å². The minimum absolute atomic E-state index is 0.107. The minimum Gasteiger partial charge on any atom is -0.508 e. The zero-order valence-electron chi connectivity index (χ0n) is 39.1. The van der Waals surface area contributed by atoms with Crippen LogP contribution in [0.4, 0.5) is 0 Å². The molecule has 1 aliphatic rings. The zero-order valence-corrected chi connectivity index (χ0v) is 40.4. The number of rotatable bonds is 8. The van der Waals surface area contributed by atoms with Crippen LogP contribution >= 0.6 is 0 Å². The molecule has 0 spiro atoms. The normalized spacial score (nSPS) is 19.0. The van der Waals surface area contributed by atoms with Crippen LogP contribution in [0.25, 0.3) is 0 Å². The number of ether oxygens (including phenoxy) is 1. The van der Waals surface area contributed by atoms with Crippen LogP contribution in [0, 0.1) is 0 Å². The van der Waals surface area contributed by atoms with Crippen molar-refractivity contribution in [3.05, 3.63) is 184 Å². The number of phenols is 3. The molecular formula is C56H66CrN2O4. The first-order valence-electron chi connectivity index (χ1n) is 21.8. The molecule has 6 aromatic carbocycles. The van der Waals surface area contributed by atoms with Gasteiger partial charge in [-0.3, -0.25) is 0 Å². The van der Waals surface area contributed by atoms with E-state index in [0.29, 0.717) is 5.75 Å². The maximum Gasteiger partial charge on any atom is 0.127 e. The molecule has 0 radical (unpaired) electrons. The standard InChI is InChI=1S/2C15H22NO.C14H12.C12H10O2.Cr/c2*1-14(2,3)11-7-10(9-16)13(17)12(8-11)15(4,5)6;1-3-7-13(8-4-1)11-12-14-9-5-2-6-10-14;13-10-6-8-12(9-7-10)14-11-4-2-1-3-5-11;/h2*7-9,17H,1-6H3;1-12H;1-9,13H;/q2*-1;;;+2. The second kappa shape index (κ2) is 18.2. The number of hydrogen-bond donors (Lipinski definition) is 3. The maximum absolute atomic E-state index is 11.7. The third-order valence-electron chi connectivity index (χ3n) is 11.4. The van der Waals surface area contributed by atoms with Gasteiger partial charge in [-0.1, -0.05) is 18.2 Å². The van der Waals surface area contributed by atoms with Gasteiger partial charge >= 0.3 is 299 Å². The molecule has 3 N–H and O–H groups in total. The van der Waals surface area contributed by atoms with Crippen LogP contribution in [0.1, 0.15) is 137 Å². The van der Waals surface area contributed by atoms with Crippen molar-refractivity contribution in [1.29, 1.82) is 0 Å². The summed E-state index contributed by atoms with van der Waals surface area (Å²) in [5.74, 6) is 2.30. The van der Waals surface area contributed by atoms with Crippen molar-refractivity contribution in [1.82, 2.24) is 0 Å². The average Bonchev–Trinajstić information content (AvgIpc) is 3.88. The smallest absolute Gasteiger partial charge is 0.127 e. The Kier molecular flexibility index (Phi) is 13.6. The Morgan fingerprint density at radius 1 is 0.444 bits per heavy atom. The van der Waals surface area contributed by atoms with Crippen molar-refractivity contribution in [2.75, 3.05) is 0 Å². The van der Waals surface area contributed by atoms with E-state index in [4.69, 9.17) is 17.8 Å².